The smallest absolute Gasteiger partial charge is 0.281 e. The van der Waals surface area contributed by atoms with Gasteiger partial charge in [0.05, 0.1) is 22.9 Å². The number of likely N-dealkylation sites (tertiary alicyclic amines) is 1. The van der Waals surface area contributed by atoms with Gasteiger partial charge in [-0.05, 0) is 65.8 Å². The molecule has 0 unspecified atom stereocenters. The van der Waals surface area contributed by atoms with Crippen molar-refractivity contribution in [2.24, 2.45) is 0 Å². The van der Waals surface area contributed by atoms with E-state index in [0.29, 0.717) is 47.1 Å². The fourth-order valence-electron chi connectivity index (χ4n) is 5.77. The molecule has 2 heterocycles. The number of nitrogens with one attached hydrogen (secondary N) is 2. The maximum absolute atomic E-state index is 13.7. The molecule has 0 bridgehead atoms. The third-order valence-corrected chi connectivity index (χ3v) is 9.29. The molecular weight excluding hydrogens is 596 g/mol. The van der Waals surface area contributed by atoms with Crippen LogP contribution in [0.2, 0.25) is 0 Å². The largest absolute Gasteiger partial charge is 0.496 e. The van der Waals surface area contributed by atoms with Crippen LogP contribution in [0.25, 0.3) is 21.3 Å². The Kier molecular flexibility index (Phi) is 9.12. The second kappa shape index (κ2) is 13.5. The van der Waals surface area contributed by atoms with E-state index in [0.717, 1.165) is 28.7 Å². The highest BCUT2D eigenvalue weighted by atomic mass is 32.1. The summed E-state index contributed by atoms with van der Waals surface area (Å²) in [4.78, 5) is 46.8. The Morgan fingerprint density at radius 2 is 1.59 bits per heavy atom. The van der Waals surface area contributed by atoms with Crippen molar-refractivity contribution >= 4 is 45.0 Å². The Balaban J connectivity index is 1.23. The number of anilines is 1. The molecule has 2 N–H and O–H groups in total. The highest BCUT2D eigenvalue weighted by Gasteiger charge is 2.30. The van der Waals surface area contributed by atoms with Crippen LogP contribution in [0.5, 0.6) is 5.75 Å². The molecule has 46 heavy (non-hydrogen) atoms. The average molecular weight is 633 g/mol. The number of aromatic nitrogens is 1. The van der Waals surface area contributed by atoms with Crippen LogP contribution in [-0.4, -0.2) is 47.8 Å². The SMILES string of the molecule is COc1cccc(C(=O)Nc2ccc3nc(C(=O)N[C@H](C(=O)N4CCCC4)c4ccccc4)sc3c2)c1-c1ccc(C(C)C)cc1. The molecule has 1 aliphatic rings. The molecule has 5 aromatic rings. The normalized spacial score (nSPS) is 13.5. The number of benzene rings is 4. The number of rotatable bonds is 9. The lowest BCUT2D eigenvalue weighted by Crippen LogP contribution is -2.41. The van der Waals surface area contributed by atoms with Gasteiger partial charge in [-0.3, -0.25) is 14.4 Å². The zero-order valence-electron chi connectivity index (χ0n) is 26.1. The van der Waals surface area contributed by atoms with E-state index in [9.17, 15) is 14.4 Å². The minimum absolute atomic E-state index is 0.115. The first kappa shape index (κ1) is 31.0. The number of carbonyl (C=O) groups excluding carboxylic acids is 3. The summed E-state index contributed by atoms with van der Waals surface area (Å²) < 4.78 is 6.39. The Morgan fingerprint density at radius 3 is 2.28 bits per heavy atom. The molecule has 9 heteroatoms. The lowest BCUT2D eigenvalue weighted by atomic mass is 9.95. The van der Waals surface area contributed by atoms with Crippen molar-refractivity contribution in [3.05, 3.63) is 113 Å². The van der Waals surface area contributed by atoms with Gasteiger partial charge in [0.2, 0.25) is 5.91 Å². The van der Waals surface area contributed by atoms with Gasteiger partial charge < -0.3 is 20.3 Å². The number of methoxy groups -OCH3 is 1. The number of hydrogen-bond acceptors (Lipinski definition) is 6. The molecule has 1 saturated heterocycles. The van der Waals surface area contributed by atoms with E-state index in [1.54, 1.807) is 36.3 Å². The predicted molar refractivity (Wildman–Crippen MR) is 183 cm³/mol. The van der Waals surface area contributed by atoms with Crippen LogP contribution in [0.15, 0.2) is 91.0 Å². The van der Waals surface area contributed by atoms with Crippen LogP contribution in [0, 0.1) is 0 Å². The quantitative estimate of drug-likeness (QED) is 0.176. The van der Waals surface area contributed by atoms with Crippen LogP contribution in [0.4, 0.5) is 5.69 Å². The molecule has 3 amide bonds. The molecule has 1 fully saturated rings. The molecule has 0 spiro atoms. The maximum atomic E-state index is 13.7. The van der Waals surface area contributed by atoms with Gasteiger partial charge >= 0.3 is 0 Å². The van der Waals surface area contributed by atoms with Crippen molar-refractivity contribution in [1.82, 2.24) is 15.2 Å². The topological polar surface area (TPSA) is 101 Å². The number of nitrogens with zero attached hydrogens (tertiary/aromatic N) is 2. The van der Waals surface area contributed by atoms with E-state index in [1.807, 2.05) is 54.6 Å². The molecular formula is C37H36N4O4S. The van der Waals surface area contributed by atoms with Crippen LogP contribution in [0.3, 0.4) is 0 Å². The molecule has 0 radical (unpaired) electrons. The first-order chi connectivity index (χ1) is 22.3. The van der Waals surface area contributed by atoms with Gasteiger partial charge in [0.15, 0.2) is 5.01 Å². The summed E-state index contributed by atoms with van der Waals surface area (Å²) in [7, 11) is 1.60. The zero-order valence-corrected chi connectivity index (χ0v) is 26.9. The van der Waals surface area contributed by atoms with E-state index < -0.39 is 11.9 Å². The van der Waals surface area contributed by atoms with Crippen molar-refractivity contribution in [3.8, 4) is 16.9 Å². The van der Waals surface area contributed by atoms with Gasteiger partial charge in [-0.2, -0.15) is 0 Å². The van der Waals surface area contributed by atoms with E-state index in [4.69, 9.17) is 4.74 Å². The Morgan fingerprint density at radius 1 is 0.848 bits per heavy atom. The molecule has 1 aromatic heterocycles. The predicted octanol–water partition coefficient (Wildman–Crippen LogP) is 7.44. The van der Waals surface area contributed by atoms with E-state index >= 15 is 0 Å². The van der Waals surface area contributed by atoms with Crippen LogP contribution in [0.1, 0.15) is 69.9 Å². The fourth-order valence-corrected chi connectivity index (χ4v) is 6.67. The summed E-state index contributed by atoms with van der Waals surface area (Å²) in [5.74, 6) is 0.185. The molecule has 1 aliphatic heterocycles. The Hall–Kier alpha value is -5.02. The molecule has 1 atom stereocenters. The minimum Gasteiger partial charge on any atom is -0.496 e. The standard InChI is InChI=1S/C37H36N4O4S/c1-23(2)24-14-16-25(17-15-24)32-28(12-9-13-30(32)45-3)34(42)38-27-18-19-29-31(22-27)46-36(39-29)35(43)40-33(26-10-5-4-6-11-26)37(44)41-20-7-8-21-41/h4-6,9-19,22-23,33H,7-8,20-21H2,1-3H3,(H,38,42)(H,40,43)/t33-/m0/s1. The third-order valence-electron chi connectivity index (χ3n) is 8.27. The van der Waals surface area contributed by atoms with Crippen LogP contribution in [-0.2, 0) is 4.79 Å². The Labute approximate surface area is 272 Å². The number of fused-ring (bicyclic) bond motifs is 1. The number of thiazole rings is 1. The summed E-state index contributed by atoms with van der Waals surface area (Å²) in [6, 6.07) is 27.4. The number of carbonyl (C=O) groups is 3. The van der Waals surface area contributed by atoms with Gasteiger partial charge in [-0.25, -0.2) is 4.98 Å². The molecule has 4 aromatic carbocycles. The monoisotopic (exact) mass is 632 g/mol. The minimum atomic E-state index is -0.799. The van der Waals surface area contributed by atoms with Gasteiger partial charge in [0.1, 0.15) is 11.8 Å². The van der Waals surface area contributed by atoms with Crippen molar-refractivity contribution < 1.29 is 19.1 Å². The van der Waals surface area contributed by atoms with Crippen molar-refractivity contribution in [2.45, 2.75) is 38.6 Å². The fraction of sp³-hybridized carbons (Fsp3) is 0.243. The Bertz CT molecular complexity index is 1880. The van der Waals surface area contributed by atoms with Gasteiger partial charge in [0.25, 0.3) is 11.8 Å². The number of hydrogen-bond donors (Lipinski definition) is 2. The van der Waals surface area contributed by atoms with Gasteiger partial charge in [0, 0.05) is 24.3 Å². The second-order valence-corrected chi connectivity index (χ2v) is 12.7. The van der Waals surface area contributed by atoms with Crippen molar-refractivity contribution in [3.63, 3.8) is 0 Å². The summed E-state index contributed by atoms with van der Waals surface area (Å²) in [5.41, 5.74) is 5.22. The maximum Gasteiger partial charge on any atom is 0.281 e. The molecule has 0 aliphatic carbocycles. The number of ether oxygens (including phenoxy) is 1. The molecule has 0 saturated carbocycles. The highest BCUT2D eigenvalue weighted by molar-refractivity contribution is 7.20. The summed E-state index contributed by atoms with van der Waals surface area (Å²) >= 11 is 1.21. The second-order valence-electron chi connectivity index (χ2n) is 11.7. The zero-order chi connectivity index (χ0) is 32.2. The summed E-state index contributed by atoms with van der Waals surface area (Å²) in [6.45, 7) is 5.67. The van der Waals surface area contributed by atoms with Gasteiger partial charge in [-0.1, -0.05) is 74.5 Å². The van der Waals surface area contributed by atoms with E-state index in [2.05, 4.69) is 41.6 Å². The summed E-state index contributed by atoms with van der Waals surface area (Å²) in [6.07, 6.45) is 1.92. The molecule has 8 nitrogen and oxygen atoms in total. The van der Waals surface area contributed by atoms with Crippen molar-refractivity contribution in [2.75, 3.05) is 25.5 Å². The van der Waals surface area contributed by atoms with Crippen LogP contribution < -0.4 is 15.4 Å². The van der Waals surface area contributed by atoms with E-state index in [-0.39, 0.29) is 16.8 Å². The first-order valence-corrected chi connectivity index (χ1v) is 16.3. The van der Waals surface area contributed by atoms with Crippen LogP contribution >= 0.6 is 11.3 Å². The van der Waals surface area contributed by atoms with E-state index in [1.165, 1.54) is 16.9 Å². The first-order valence-electron chi connectivity index (χ1n) is 15.5. The molecule has 234 valence electrons. The van der Waals surface area contributed by atoms with Gasteiger partial charge in [-0.15, -0.1) is 11.3 Å². The van der Waals surface area contributed by atoms with Crippen molar-refractivity contribution in [1.29, 1.82) is 0 Å². The third kappa shape index (κ3) is 6.50. The molecule has 6 rings (SSSR count). The average Bonchev–Trinajstić information content (AvgIpc) is 3.78. The lowest BCUT2D eigenvalue weighted by molar-refractivity contribution is -0.132. The highest BCUT2D eigenvalue weighted by Crippen LogP contribution is 2.35. The summed E-state index contributed by atoms with van der Waals surface area (Å²) in [5, 5.41) is 6.19. The number of amides is 3. The lowest BCUT2D eigenvalue weighted by Gasteiger charge is -2.24.